The Morgan fingerprint density at radius 2 is 1.88 bits per heavy atom. The van der Waals surface area contributed by atoms with Gasteiger partial charge in [0.15, 0.2) is 0 Å². The number of benzene rings is 1. The maximum Gasteiger partial charge on any atom is 0.286 e. The number of aromatic nitrogens is 2. The molecule has 4 nitrogen and oxygen atoms in total. The Morgan fingerprint density at radius 3 is 2.76 bits per heavy atom. The van der Waals surface area contributed by atoms with E-state index >= 15 is 0 Å². The van der Waals surface area contributed by atoms with Gasteiger partial charge in [0.1, 0.15) is 5.52 Å². The monoisotopic (exact) mass is 230 g/mol. The van der Waals surface area contributed by atoms with Gasteiger partial charge in [-0.15, -0.1) is 0 Å². The topological polar surface area (TPSA) is 51.0 Å². The molecular formula is C13H14N2O2. The summed E-state index contributed by atoms with van der Waals surface area (Å²) >= 11 is 0. The fourth-order valence-corrected chi connectivity index (χ4v) is 2.59. The summed E-state index contributed by atoms with van der Waals surface area (Å²) in [6.07, 6.45) is 4.50. The van der Waals surface area contributed by atoms with E-state index in [9.17, 15) is 10.1 Å². The molecule has 1 aromatic carbocycles. The zero-order valence-corrected chi connectivity index (χ0v) is 9.56. The Hall–Kier alpha value is -1.84. The van der Waals surface area contributed by atoms with E-state index in [0.717, 1.165) is 28.4 Å². The van der Waals surface area contributed by atoms with Crippen LogP contribution in [0.5, 0.6) is 0 Å². The first kappa shape index (κ1) is 10.3. The van der Waals surface area contributed by atoms with E-state index < -0.39 is 0 Å². The van der Waals surface area contributed by atoms with Gasteiger partial charge in [0, 0.05) is 17.4 Å². The third kappa shape index (κ3) is 1.52. The summed E-state index contributed by atoms with van der Waals surface area (Å²) in [5.74, 6) is 0. The minimum absolute atomic E-state index is 0.475. The second-order valence-electron chi connectivity index (χ2n) is 4.53. The van der Waals surface area contributed by atoms with Gasteiger partial charge in [-0.3, -0.25) is 0 Å². The van der Waals surface area contributed by atoms with Crippen molar-refractivity contribution in [3.63, 3.8) is 0 Å². The zero-order valence-electron chi connectivity index (χ0n) is 9.56. The van der Waals surface area contributed by atoms with Crippen LogP contribution in [0.3, 0.4) is 0 Å². The highest BCUT2D eigenvalue weighted by Gasteiger charge is 2.23. The molecule has 0 amide bonds. The number of rotatable bonds is 0. The fraction of sp³-hybridized carbons (Fsp3) is 0.385. The number of nitrogens with zero attached hydrogens (tertiary/aromatic N) is 2. The molecule has 17 heavy (non-hydrogen) atoms. The van der Waals surface area contributed by atoms with Crippen LogP contribution in [0.1, 0.15) is 30.7 Å². The summed E-state index contributed by atoms with van der Waals surface area (Å²) in [7, 11) is 0. The van der Waals surface area contributed by atoms with Crippen LogP contribution >= 0.6 is 0 Å². The molecular weight excluding hydrogens is 216 g/mol. The van der Waals surface area contributed by atoms with Gasteiger partial charge in [-0.1, -0.05) is 18.6 Å². The molecule has 0 N–H and O–H groups in total. The molecule has 0 radical (unpaired) electrons. The van der Waals surface area contributed by atoms with Crippen molar-refractivity contribution in [3.8, 4) is 0 Å². The molecule has 0 atom stereocenters. The van der Waals surface area contributed by atoms with E-state index in [4.69, 9.17) is 0 Å². The van der Waals surface area contributed by atoms with Crippen LogP contribution in [0, 0.1) is 10.1 Å². The largest absolute Gasteiger partial charge is 0.805 e. The lowest BCUT2D eigenvalue weighted by Gasteiger charge is -2.17. The molecule has 1 aliphatic carbocycles. The Labute approximate surface area is 98.7 Å². The van der Waals surface area contributed by atoms with Gasteiger partial charge in [0.25, 0.3) is 11.2 Å². The van der Waals surface area contributed by atoms with Crippen LogP contribution in [0.15, 0.2) is 24.3 Å². The average Bonchev–Trinajstić information content (AvgIpc) is 2.62. The lowest BCUT2D eigenvalue weighted by atomic mass is 10.2. The highest BCUT2D eigenvalue weighted by atomic mass is 16.5. The fourth-order valence-electron chi connectivity index (χ4n) is 2.59. The van der Waals surface area contributed by atoms with Crippen LogP contribution in [-0.2, 0) is 12.8 Å². The predicted octanol–water partition coefficient (Wildman–Crippen LogP) is 2.17. The molecule has 2 aromatic rings. The molecule has 0 spiro atoms. The number of hydrogen-bond acceptors (Lipinski definition) is 2. The first-order valence-electron chi connectivity index (χ1n) is 6.04. The summed E-state index contributed by atoms with van der Waals surface area (Å²) in [6, 6.07) is 7.00. The molecule has 0 bridgehead atoms. The Morgan fingerprint density at radius 1 is 1.12 bits per heavy atom. The van der Waals surface area contributed by atoms with Crippen LogP contribution in [0.2, 0.25) is 0 Å². The molecule has 4 heteroatoms. The highest BCUT2D eigenvalue weighted by Crippen LogP contribution is 2.21. The minimum Gasteiger partial charge on any atom is -0.805 e. The van der Waals surface area contributed by atoms with E-state index in [1.54, 1.807) is 24.3 Å². The lowest BCUT2D eigenvalue weighted by Crippen LogP contribution is -2.27. The van der Waals surface area contributed by atoms with Gasteiger partial charge in [-0.25, -0.2) is 0 Å². The molecule has 1 aliphatic rings. The van der Waals surface area contributed by atoms with Crippen molar-refractivity contribution >= 4 is 11.0 Å². The predicted molar refractivity (Wildman–Crippen MR) is 65.3 cm³/mol. The third-order valence-electron chi connectivity index (χ3n) is 3.47. The zero-order chi connectivity index (χ0) is 11.8. The van der Waals surface area contributed by atoms with Crippen LogP contribution in [0.4, 0.5) is 0 Å². The Balaban J connectivity index is 2.42. The molecule has 3 rings (SSSR count). The first-order valence-corrected chi connectivity index (χ1v) is 6.04. The molecule has 1 heterocycles. The minimum atomic E-state index is 0.475. The second kappa shape index (κ2) is 3.87. The Kier molecular flexibility index (Phi) is 2.35. The normalized spacial score (nSPS) is 15.5. The molecule has 0 fully saturated rings. The molecule has 88 valence electrons. The molecule has 0 saturated heterocycles. The van der Waals surface area contributed by atoms with Crippen molar-refractivity contribution in [2.24, 2.45) is 0 Å². The molecule has 0 aliphatic heterocycles. The SMILES string of the molecule is O=[n+]1c2c(n([O-])c3ccccc31)CCCCC2. The smallest absolute Gasteiger partial charge is 0.286 e. The van der Waals surface area contributed by atoms with E-state index in [2.05, 4.69) is 0 Å². The third-order valence-corrected chi connectivity index (χ3v) is 3.47. The van der Waals surface area contributed by atoms with Gasteiger partial charge < -0.3 is 9.94 Å². The van der Waals surface area contributed by atoms with Crippen molar-refractivity contribution in [2.45, 2.75) is 32.1 Å². The van der Waals surface area contributed by atoms with Crippen molar-refractivity contribution in [2.75, 3.05) is 0 Å². The quantitative estimate of drug-likeness (QED) is 0.514. The highest BCUT2D eigenvalue weighted by molar-refractivity contribution is 5.72. The second-order valence-corrected chi connectivity index (χ2v) is 4.53. The van der Waals surface area contributed by atoms with Crippen molar-refractivity contribution in [3.05, 3.63) is 45.8 Å². The maximum absolute atomic E-state index is 12.2. The van der Waals surface area contributed by atoms with Gasteiger partial charge in [0.2, 0.25) is 0 Å². The summed E-state index contributed by atoms with van der Waals surface area (Å²) in [6.45, 7) is 0. The average molecular weight is 230 g/mol. The van der Waals surface area contributed by atoms with E-state index in [-0.39, 0.29) is 0 Å². The van der Waals surface area contributed by atoms with Crippen LogP contribution in [-0.4, -0.2) is 4.73 Å². The Bertz CT molecular complexity index is 631. The van der Waals surface area contributed by atoms with Gasteiger partial charge in [-0.2, -0.15) is 0 Å². The summed E-state index contributed by atoms with van der Waals surface area (Å²) < 4.78 is 1.90. The van der Waals surface area contributed by atoms with Crippen molar-refractivity contribution in [1.82, 2.24) is 4.73 Å². The van der Waals surface area contributed by atoms with Crippen LogP contribution in [0.25, 0.3) is 11.0 Å². The van der Waals surface area contributed by atoms with Crippen LogP contribution < -0.4 is 4.43 Å². The molecule has 0 saturated carbocycles. The van der Waals surface area contributed by atoms with Gasteiger partial charge >= 0.3 is 0 Å². The maximum atomic E-state index is 12.2. The van der Waals surface area contributed by atoms with Crippen molar-refractivity contribution < 1.29 is 4.43 Å². The van der Waals surface area contributed by atoms with E-state index in [0.29, 0.717) is 35.3 Å². The molecule has 1 aromatic heterocycles. The van der Waals surface area contributed by atoms with E-state index in [1.807, 2.05) is 0 Å². The molecule has 0 unspecified atom stereocenters. The van der Waals surface area contributed by atoms with E-state index in [1.165, 1.54) is 0 Å². The lowest BCUT2D eigenvalue weighted by molar-refractivity contribution is -0.476. The number of fused-ring (bicyclic) bond motifs is 2. The van der Waals surface area contributed by atoms with Crippen molar-refractivity contribution in [1.29, 1.82) is 0 Å². The first-order chi connectivity index (χ1) is 8.29. The van der Waals surface area contributed by atoms with Gasteiger partial charge in [-0.05, 0) is 25.3 Å². The number of para-hydroxylation sites is 2. The standard InChI is InChI=1S/C13H14N2O2/c16-14-10-6-2-1-3-7-11(10)15(17)13-9-5-4-8-12(13)14/h4-5,8-9H,1-3,6-7H2. The summed E-state index contributed by atoms with van der Waals surface area (Å²) in [5, 5.41) is 12.2. The number of hydrogen-bond donors (Lipinski definition) is 0. The summed E-state index contributed by atoms with van der Waals surface area (Å²) in [4.78, 5) is 12.2. The summed E-state index contributed by atoms with van der Waals surface area (Å²) in [5.41, 5.74) is 2.28. The van der Waals surface area contributed by atoms with Gasteiger partial charge in [0.05, 0.1) is 10.1 Å².